The lowest BCUT2D eigenvalue weighted by Crippen LogP contribution is -2.15. The number of hydrogen-bond acceptors (Lipinski definition) is 3. The molecule has 0 fully saturated rings. The van der Waals surface area contributed by atoms with Crippen LogP contribution >= 0.6 is 0 Å². The minimum atomic E-state index is -3.37. The molecule has 0 unspecified atom stereocenters. The molecule has 0 heterocycles. The minimum Gasteiger partial charge on any atom is -0.293 e. The fourth-order valence-electron chi connectivity index (χ4n) is 1.21. The van der Waals surface area contributed by atoms with Crippen LogP contribution in [0.15, 0.2) is 18.2 Å². The molecular weight excluding hydrogens is 219 g/mol. The number of carbonyl (C=O) groups is 1. The van der Waals surface area contributed by atoms with Gasteiger partial charge in [0.15, 0.2) is 15.6 Å². The van der Waals surface area contributed by atoms with Crippen molar-refractivity contribution < 1.29 is 17.6 Å². The number of ketones is 1. The van der Waals surface area contributed by atoms with Gasteiger partial charge in [-0.3, -0.25) is 4.79 Å². The first-order valence-electron chi connectivity index (χ1n) is 4.26. The van der Waals surface area contributed by atoms with Crippen LogP contribution in [0.3, 0.4) is 0 Å². The average molecular weight is 230 g/mol. The van der Waals surface area contributed by atoms with Gasteiger partial charge in [-0.15, -0.1) is 0 Å². The van der Waals surface area contributed by atoms with E-state index >= 15 is 0 Å². The van der Waals surface area contributed by atoms with E-state index in [-0.39, 0.29) is 5.56 Å². The predicted octanol–water partition coefficient (Wildman–Crippen LogP) is 1.36. The third-order valence-corrected chi connectivity index (χ3v) is 2.68. The van der Waals surface area contributed by atoms with Crippen LogP contribution in [0.2, 0.25) is 0 Å². The van der Waals surface area contributed by atoms with Crippen molar-refractivity contribution in [3.05, 3.63) is 35.1 Å². The largest absolute Gasteiger partial charge is 0.293 e. The van der Waals surface area contributed by atoms with Gasteiger partial charge in [0.1, 0.15) is 11.6 Å². The summed E-state index contributed by atoms with van der Waals surface area (Å²) >= 11 is 0. The third kappa shape index (κ3) is 3.43. The summed E-state index contributed by atoms with van der Waals surface area (Å²) in [6.07, 6.45) is 0.972. The van der Waals surface area contributed by atoms with E-state index < -0.39 is 27.2 Å². The first kappa shape index (κ1) is 11.8. The topological polar surface area (TPSA) is 51.2 Å². The predicted molar refractivity (Wildman–Crippen MR) is 55.2 cm³/mol. The third-order valence-electron chi connectivity index (χ3n) is 1.89. The lowest BCUT2D eigenvalue weighted by atomic mass is 10.1. The molecule has 1 aromatic rings. The van der Waals surface area contributed by atoms with Gasteiger partial charge in [0, 0.05) is 11.8 Å². The standard InChI is InChI=1S/C10H11FO3S/c1-7-3-4-8(11)5-9(7)10(12)6-15(2,13)14/h3-5H,6H2,1-2H3. The Kier molecular flexibility index (Phi) is 3.24. The Morgan fingerprint density at radius 2 is 2.00 bits per heavy atom. The van der Waals surface area contributed by atoms with Crippen molar-refractivity contribution in [1.29, 1.82) is 0 Å². The van der Waals surface area contributed by atoms with E-state index in [1.165, 1.54) is 12.1 Å². The highest BCUT2D eigenvalue weighted by Crippen LogP contribution is 2.11. The molecule has 15 heavy (non-hydrogen) atoms. The van der Waals surface area contributed by atoms with Crippen molar-refractivity contribution in [2.75, 3.05) is 12.0 Å². The summed E-state index contributed by atoms with van der Waals surface area (Å²) in [6, 6.07) is 3.74. The number of hydrogen-bond donors (Lipinski definition) is 0. The van der Waals surface area contributed by atoms with E-state index in [1.54, 1.807) is 6.92 Å². The van der Waals surface area contributed by atoms with Crippen LogP contribution in [0, 0.1) is 12.7 Å². The molecular formula is C10H11FO3S. The van der Waals surface area contributed by atoms with Gasteiger partial charge in [0.05, 0.1) is 0 Å². The lowest BCUT2D eigenvalue weighted by Gasteiger charge is -2.03. The fraction of sp³-hybridized carbons (Fsp3) is 0.300. The molecule has 0 aliphatic rings. The molecule has 5 heteroatoms. The van der Waals surface area contributed by atoms with E-state index in [4.69, 9.17) is 0 Å². The van der Waals surface area contributed by atoms with Crippen LogP contribution in [0.4, 0.5) is 4.39 Å². The summed E-state index contributed by atoms with van der Waals surface area (Å²) in [4.78, 5) is 11.5. The van der Waals surface area contributed by atoms with Crippen LogP contribution in [0.5, 0.6) is 0 Å². The summed E-state index contributed by atoms with van der Waals surface area (Å²) in [7, 11) is -3.37. The molecule has 0 amide bonds. The first-order valence-corrected chi connectivity index (χ1v) is 6.33. The smallest absolute Gasteiger partial charge is 0.178 e. The molecule has 0 aliphatic heterocycles. The van der Waals surface area contributed by atoms with Gasteiger partial charge < -0.3 is 0 Å². The monoisotopic (exact) mass is 230 g/mol. The highest BCUT2D eigenvalue weighted by molar-refractivity contribution is 7.91. The van der Waals surface area contributed by atoms with Crippen molar-refractivity contribution in [2.45, 2.75) is 6.92 Å². The number of sulfone groups is 1. The van der Waals surface area contributed by atoms with Crippen LogP contribution < -0.4 is 0 Å². The number of carbonyl (C=O) groups excluding carboxylic acids is 1. The maximum absolute atomic E-state index is 12.8. The summed E-state index contributed by atoms with van der Waals surface area (Å²) in [5.74, 6) is -1.70. The summed E-state index contributed by atoms with van der Waals surface area (Å²) in [6.45, 7) is 1.63. The summed E-state index contributed by atoms with van der Waals surface area (Å²) < 4.78 is 34.6. The van der Waals surface area contributed by atoms with Crippen molar-refractivity contribution in [1.82, 2.24) is 0 Å². The average Bonchev–Trinajstić information content (AvgIpc) is 2.06. The Hall–Kier alpha value is -1.23. The maximum Gasteiger partial charge on any atom is 0.178 e. The van der Waals surface area contributed by atoms with Crippen molar-refractivity contribution in [3.63, 3.8) is 0 Å². The molecule has 0 bridgehead atoms. The number of Topliss-reactive ketones (excluding diaryl/α,β-unsaturated/α-hetero) is 1. The summed E-state index contributed by atoms with van der Waals surface area (Å²) in [5.41, 5.74) is 0.700. The van der Waals surface area contributed by atoms with Gasteiger partial charge in [0.2, 0.25) is 0 Å². The van der Waals surface area contributed by atoms with Gasteiger partial charge >= 0.3 is 0 Å². The Labute approximate surface area is 87.8 Å². The van der Waals surface area contributed by atoms with Crippen LogP contribution in [-0.2, 0) is 9.84 Å². The van der Waals surface area contributed by atoms with Crippen LogP contribution in [0.1, 0.15) is 15.9 Å². The molecule has 1 aromatic carbocycles. The van der Waals surface area contributed by atoms with E-state index in [1.807, 2.05) is 0 Å². The lowest BCUT2D eigenvalue weighted by molar-refractivity contribution is 0.102. The minimum absolute atomic E-state index is 0.125. The zero-order chi connectivity index (χ0) is 11.6. The highest BCUT2D eigenvalue weighted by Gasteiger charge is 2.15. The quantitative estimate of drug-likeness (QED) is 0.737. The molecule has 0 atom stereocenters. The van der Waals surface area contributed by atoms with E-state index in [9.17, 15) is 17.6 Å². The maximum atomic E-state index is 12.8. The molecule has 1 rings (SSSR count). The van der Waals surface area contributed by atoms with Crippen LogP contribution in [-0.4, -0.2) is 26.2 Å². The Bertz CT molecular complexity index is 491. The van der Waals surface area contributed by atoms with Crippen LogP contribution in [0.25, 0.3) is 0 Å². The molecule has 0 N–H and O–H groups in total. The van der Waals surface area contributed by atoms with Gasteiger partial charge in [-0.05, 0) is 24.6 Å². The molecule has 3 nitrogen and oxygen atoms in total. The molecule has 82 valence electrons. The molecule has 0 saturated carbocycles. The zero-order valence-electron chi connectivity index (χ0n) is 8.45. The van der Waals surface area contributed by atoms with E-state index in [0.717, 1.165) is 12.3 Å². The van der Waals surface area contributed by atoms with E-state index in [2.05, 4.69) is 0 Å². The second kappa shape index (κ2) is 4.10. The normalized spacial score (nSPS) is 11.4. The van der Waals surface area contributed by atoms with Gasteiger partial charge in [-0.2, -0.15) is 0 Å². The Morgan fingerprint density at radius 1 is 1.40 bits per heavy atom. The second-order valence-electron chi connectivity index (χ2n) is 3.45. The summed E-state index contributed by atoms with van der Waals surface area (Å²) in [5, 5.41) is 0. The van der Waals surface area contributed by atoms with E-state index in [0.29, 0.717) is 5.56 Å². The zero-order valence-corrected chi connectivity index (χ0v) is 9.27. The van der Waals surface area contributed by atoms with Crippen molar-refractivity contribution >= 4 is 15.6 Å². The Balaban J connectivity index is 3.06. The molecule has 0 aromatic heterocycles. The fourth-order valence-corrected chi connectivity index (χ4v) is 1.84. The van der Waals surface area contributed by atoms with Gasteiger partial charge in [-0.25, -0.2) is 12.8 Å². The Morgan fingerprint density at radius 3 is 2.53 bits per heavy atom. The van der Waals surface area contributed by atoms with Gasteiger partial charge in [0.25, 0.3) is 0 Å². The molecule has 0 aliphatic carbocycles. The number of rotatable bonds is 3. The second-order valence-corrected chi connectivity index (χ2v) is 5.59. The first-order chi connectivity index (χ1) is 6.79. The van der Waals surface area contributed by atoms with Crippen molar-refractivity contribution in [2.24, 2.45) is 0 Å². The number of aryl methyl sites for hydroxylation is 1. The number of benzene rings is 1. The molecule has 0 saturated heterocycles. The number of halogens is 1. The molecule has 0 spiro atoms. The van der Waals surface area contributed by atoms with Gasteiger partial charge in [-0.1, -0.05) is 6.07 Å². The van der Waals surface area contributed by atoms with Crippen molar-refractivity contribution in [3.8, 4) is 0 Å². The highest BCUT2D eigenvalue weighted by atomic mass is 32.2. The molecule has 0 radical (unpaired) electrons. The SMILES string of the molecule is Cc1ccc(F)cc1C(=O)CS(C)(=O)=O.